The molecule has 2 aromatic rings. The number of aliphatic hydroxyl groups excluding tert-OH is 2. The van der Waals surface area contributed by atoms with Crippen LogP contribution in [0.3, 0.4) is 0 Å². The zero-order chi connectivity index (χ0) is 18.5. The highest BCUT2D eigenvalue weighted by molar-refractivity contribution is 8.01. The first-order chi connectivity index (χ1) is 11.6. The lowest BCUT2D eigenvalue weighted by Gasteiger charge is -2.17. The van der Waals surface area contributed by atoms with Gasteiger partial charge in [0.05, 0.1) is 12.4 Å². The van der Waals surface area contributed by atoms with Crippen LogP contribution in [-0.2, 0) is 14.9 Å². The van der Waals surface area contributed by atoms with E-state index in [1.165, 1.54) is 10.9 Å². The Bertz CT molecular complexity index is 957. The van der Waals surface area contributed by atoms with Gasteiger partial charge in [-0.05, 0) is 0 Å². The molecule has 0 aliphatic carbocycles. The lowest BCUT2D eigenvalue weighted by atomic mass is 10.1. The van der Waals surface area contributed by atoms with Crippen LogP contribution >= 0.6 is 12.6 Å². The summed E-state index contributed by atoms with van der Waals surface area (Å²) in [6.07, 6.45) is -4.46. The van der Waals surface area contributed by atoms with Gasteiger partial charge in [-0.25, -0.2) is 4.98 Å². The fourth-order valence-corrected chi connectivity index (χ4v) is 3.24. The summed E-state index contributed by atoms with van der Waals surface area (Å²) in [6, 6.07) is 0. The molecule has 0 radical (unpaired) electrons. The molecule has 138 valence electrons. The first kappa shape index (κ1) is 18.1. The van der Waals surface area contributed by atoms with Gasteiger partial charge in [0.25, 0.3) is 15.7 Å². The number of hydrogen-bond donors (Lipinski definition) is 6. The highest BCUT2D eigenvalue weighted by atomic mass is 32.3. The fourth-order valence-electron chi connectivity index (χ4n) is 2.60. The molecule has 2 aromatic heterocycles. The number of aromatic amines is 1. The van der Waals surface area contributed by atoms with E-state index in [9.17, 15) is 23.4 Å². The second-order valence-corrected chi connectivity index (χ2v) is 8.10. The number of anilines is 1. The summed E-state index contributed by atoms with van der Waals surface area (Å²) in [7, 11) is -4.45. The molecule has 12 nitrogen and oxygen atoms in total. The van der Waals surface area contributed by atoms with Gasteiger partial charge in [0.1, 0.15) is 16.8 Å². The van der Waals surface area contributed by atoms with Gasteiger partial charge in [0.15, 0.2) is 17.4 Å². The molecule has 14 heteroatoms. The summed E-state index contributed by atoms with van der Waals surface area (Å²) in [5.74, 6) is -0.175. The molecule has 3 rings (SSSR count). The Morgan fingerprint density at radius 1 is 1.44 bits per heavy atom. The third-order valence-electron chi connectivity index (χ3n) is 3.84. The van der Waals surface area contributed by atoms with E-state index in [2.05, 4.69) is 27.6 Å². The second-order valence-electron chi connectivity index (χ2n) is 5.53. The Balaban J connectivity index is 1.93. The number of aliphatic hydroxyl groups is 2. The van der Waals surface area contributed by atoms with E-state index in [-0.39, 0.29) is 23.5 Å². The van der Waals surface area contributed by atoms with Crippen LogP contribution in [0.2, 0.25) is 0 Å². The van der Waals surface area contributed by atoms with Gasteiger partial charge >= 0.3 is 0 Å². The summed E-state index contributed by atoms with van der Waals surface area (Å²) in [4.78, 5) is 21.8. The smallest absolute Gasteiger partial charge is 0.280 e. The van der Waals surface area contributed by atoms with Gasteiger partial charge < -0.3 is 20.7 Å². The molecule has 25 heavy (non-hydrogen) atoms. The Morgan fingerprint density at radius 2 is 2.12 bits per heavy atom. The van der Waals surface area contributed by atoms with Crippen LogP contribution in [0.15, 0.2) is 11.1 Å². The van der Waals surface area contributed by atoms with Crippen LogP contribution in [-0.4, -0.2) is 65.6 Å². The minimum absolute atomic E-state index is 0.0235. The van der Waals surface area contributed by atoms with Crippen molar-refractivity contribution in [3.63, 3.8) is 0 Å². The van der Waals surface area contributed by atoms with Crippen LogP contribution in [0.25, 0.3) is 11.2 Å². The number of nitrogens with zero attached hydrogens (tertiary/aromatic N) is 3. The molecular formula is C11H15N5O7S2. The molecule has 0 aromatic carbocycles. The van der Waals surface area contributed by atoms with E-state index < -0.39 is 44.8 Å². The molecule has 1 aliphatic rings. The van der Waals surface area contributed by atoms with Crippen molar-refractivity contribution < 1.29 is 27.9 Å². The fraction of sp³-hybridized carbons (Fsp3) is 0.545. The highest BCUT2D eigenvalue weighted by Gasteiger charge is 2.45. The van der Waals surface area contributed by atoms with Gasteiger partial charge in [0, 0.05) is 6.42 Å². The van der Waals surface area contributed by atoms with Gasteiger partial charge in [-0.15, -0.1) is 0 Å². The monoisotopic (exact) mass is 393 g/mol. The zero-order valence-electron chi connectivity index (χ0n) is 12.4. The average molecular weight is 393 g/mol. The SMILES string of the molecule is Nc1nc2c(ncn2[C@@H]2O[C@H](CC(S)S(=O)(=O)O)C(O)C2O)c(=O)[nH]1. The number of H-pyrrole nitrogens is 1. The molecule has 0 saturated carbocycles. The van der Waals surface area contributed by atoms with E-state index >= 15 is 0 Å². The first-order valence-electron chi connectivity index (χ1n) is 6.98. The maximum atomic E-state index is 11.8. The minimum atomic E-state index is -4.45. The molecule has 0 bridgehead atoms. The summed E-state index contributed by atoms with van der Waals surface area (Å²) in [5, 5.41) is 20.3. The van der Waals surface area contributed by atoms with E-state index in [1.54, 1.807) is 0 Å². The number of ether oxygens (including phenoxy) is 1. The van der Waals surface area contributed by atoms with Crippen molar-refractivity contribution in [2.24, 2.45) is 0 Å². The summed E-state index contributed by atoms with van der Waals surface area (Å²) >= 11 is 3.74. The summed E-state index contributed by atoms with van der Waals surface area (Å²) in [5.41, 5.74) is 4.87. The van der Waals surface area contributed by atoms with Crippen LogP contribution in [0.1, 0.15) is 12.6 Å². The lowest BCUT2D eigenvalue weighted by Crippen LogP contribution is -2.33. The number of nitrogens with one attached hydrogen (secondary N) is 1. The van der Waals surface area contributed by atoms with E-state index in [0.717, 1.165) is 0 Å². The molecule has 3 unspecified atom stereocenters. The Morgan fingerprint density at radius 3 is 2.76 bits per heavy atom. The Kier molecular flexibility index (Phi) is 4.50. The van der Waals surface area contributed by atoms with Crippen molar-refractivity contribution in [1.82, 2.24) is 19.5 Å². The predicted octanol–water partition coefficient (Wildman–Crippen LogP) is -2.15. The number of thiol groups is 1. The molecule has 5 atom stereocenters. The number of hydrogen-bond acceptors (Lipinski definition) is 10. The highest BCUT2D eigenvalue weighted by Crippen LogP contribution is 2.34. The Hall–Kier alpha value is -1.71. The quantitative estimate of drug-likeness (QED) is 0.246. The molecule has 3 heterocycles. The molecule has 1 fully saturated rings. The van der Waals surface area contributed by atoms with Crippen LogP contribution in [0.5, 0.6) is 0 Å². The zero-order valence-corrected chi connectivity index (χ0v) is 14.1. The van der Waals surface area contributed by atoms with Crippen LogP contribution in [0, 0.1) is 0 Å². The molecule has 0 amide bonds. The molecule has 6 N–H and O–H groups in total. The van der Waals surface area contributed by atoms with Crippen molar-refractivity contribution >= 4 is 39.9 Å². The minimum Gasteiger partial charge on any atom is -0.388 e. The lowest BCUT2D eigenvalue weighted by molar-refractivity contribution is -0.0358. The van der Waals surface area contributed by atoms with Gasteiger partial charge in [-0.1, -0.05) is 0 Å². The van der Waals surface area contributed by atoms with Gasteiger partial charge in [-0.3, -0.25) is 18.9 Å². The third kappa shape index (κ3) is 3.23. The van der Waals surface area contributed by atoms with Crippen LogP contribution < -0.4 is 11.3 Å². The topological polar surface area (TPSA) is 194 Å². The molecule has 0 spiro atoms. The second kappa shape index (κ2) is 6.22. The first-order valence-corrected chi connectivity index (χ1v) is 9.00. The largest absolute Gasteiger partial charge is 0.388 e. The third-order valence-corrected chi connectivity index (χ3v) is 5.73. The van der Waals surface area contributed by atoms with Crippen molar-refractivity contribution in [1.29, 1.82) is 0 Å². The normalized spacial score (nSPS) is 28.5. The standard InChI is InChI=1S/C11H15N5O7S2/c12-11-14-8-5(9(19)15-11)13-2-16(8)10-7(18)6(17)3(23-10)1-4(24)25(20,21)22/h2-4,6-7,10,17-18,24H,1H2,(H,20,21,22)(H3,12,14,15,19)/t3-,4?,6?,7?,10-/m1/s1. The van der Waals surface area contributed by atoms with Crippen molar-refractivity contribution in [3.05, 3.63) is 16.7 Å². The average Bonchev–Trinajstić information content (AvgIpc) is 3.03. The van der Waals surface area contributed by atoms with Crippen molar-refractivity contribution in [3.8, 4) is 0 Å². The van der Waals surface area contributed by atoms with Crippen LogP contribution in [0.4, 0.5) is 5.95 Å². The van der Waals surface area contributed by atoms with Crippen molar-refractivity contribution in [2.75, 3.05) is 5.73 Å². The summed E-state index contributed by atoms with van der Waals surface area (Å²) in [6.45, 7) is 0. The maximum Gasteiger partial charge on any atom is 0.280 e. The van der Waals surface area contributed by atoms with E-state index in [1.807, 2.05) is 0 Å². The van der Waals surface area contributed by atoms with Crippen molar-refractivity contribution in [2.45, 2.75) is 35.5 Å². The number of nitrogens with two attached hydrogens (primary N) is 1. The van der Waals surface area contributed by atoms with Gasteiger partial charge in [0.2, 0.25) is 5.95 Å². The van der Waals surface area contributed by atoms with E-state index in [0.29, 0.717) is 0 Å². The molecule has 1 aliphatic heterocycles. The number of nitrogen functional groups attached to an aromatic ring is 1. The Labute approximate surface area is 145 Å². The van der Waals surface area contributed by atoms with Gasteiger partial charge in [-0.2, -0.15) is 26.0 Å². The predicted molar refractivity (Wildman–Crippen MR) is 87.4 cm³/mol. The number of fused-ring (bicyclic) bond motifs is 1. The summed E-state index contributed by atoms with van der Waals surface area (Å²) < 4.78 is 36.3. The van der Waals surface area contributed by atoms with E-state index in [4.69, 9.17) is 15.0 Å². The number of imidazole rings is 1. The molecule has 1 saturated heterocycles. The number of aromatic nitrogens is 4. The molecular weight excluding hydrogens is 378 g/mol. The maximum absolute atomic E-state index is 11.8. The number of rotatable bonds is 4.